The number of rotatable bonds is 5. The van der Waals surface area contributed by atoms with E-state index in [9.17, 15) is 0 Å². The van der Waals surface area contributed by atoms with Crippen LogP contribution in [0.15, 0.2) is 121 Å². The van der Waals surface area contributed by atoms with Crippen LogP contribution in [0.2, 0.25) is 0 Å². The second-order valence-electron chi connectivity index (χ2n) is 9.10. The van der Waals surface area contributed by atoms with Crippen molar-refractivity contribution in [3.63, 3.8) is 0 Å². The first kappa shape index (κ1) is 39.0. The summed E-state index contributed by atoms with van der Waals surface area (Å²) in [5.74, 6) is 1.23. The molecule has 2 nitrogen and oxygen atoms in total. The van der Waals surface area contributed by atoms with Crippen LogP contribution in [0.4, 0.5) is 0 Å². The fraction of sp³-hybridized carbons (Fsp3) is 0.317. The van der Waals surface area contributed by atoms with Gasteiger partial charge in [-0.1, -0.05) is 152 Å². The third-order valence-electron chi connectivity index (χ3n) is 6.39. The minimum Gasteiger partial charge on any atom is -0.508 e. The van der Waals surface area contributed by atoms with E-state index in [1.165, 1.54) is 33.0 Å². The van der Waals surface area contributed by atoms with E-state index in [-0.39, 0.29) is 0 Å². The van der Waals surface area contributed by atoms with Gasteiger partial charge in [0, 0.05) is 0 Å². The molecule has 0 unspecified atom stereocenters. The van der Waals surface area contributed by atoms with Gasteiger partial charge >= 0.3 is 0 Å². The summed E-state index contributed by atoms with van der Waals surface area (Å²) < 4.78 is 5.12. The molecule has 0 aliphatic carbocycles. The third-order valence-corrected chi connectivity index (χ3v) is 6.39. The van der Waals surface area contributed by atoms with E-state index in [0.29, 0.717) is 5.75 Å². The Hall–Kier alpha value is -4.04. The summed E-state index contributed by atoms with van der Waals surface area (Å²) >= 11 is 0. The lowest BCUT2D eigenvalue weighted by Crippen LogP contribution is -1.81. The van der Waals surface area contributed by atoms with Crippen molar-refractivity contribution in [3.8, 4) is 11.5 Å². The molecule has 0 saturated heterocycles. The average molecular weight is 581 g/mol. The van der Waals surface area contributed by atoms with Crippen molar-refractivity contribution in [2.75, 3.05) is 7.11 Å². The Morgan fingerprint density at radius 3 is 1.09 bits per heavy atom. The van der Waals surface area contributed by atoms with Crippen LogP contribution in [-0.2, 0) is 25.7 Å². The minimum absolute atomic E-state index is 0.322. The average Bonchev–Trinajstić information content (AvgIpc) is 3.11. The molecule has 0 aromatic heterocycles. The summed E-state index contributed by atoms with van der Waals surface area (Å²) in [5, 5.41) is 11.1. The topological polar surface area (TPSA) is 29.5 Å². The van der Waals surface area contributed by atoms with Crippen molar-refractivity contribution in [1.82, 2.24) is 0 Å². The first-order chi connectivity index (χ1) is 21.0. The van der Waals surface area contributed by atoms with Crippen LogP contribution in [0, 0.1) is 0 Å². The number of hydrogen-bond acceptors (Lipinski definition) is 2. The Balaban J connectivity index is 0.000000533. The van der Waals surface area contributed by atoms with Crippen molar-refractivity contribution in [2.24, 2.45) is 0 Å². The van der Waals surface area contributed by atoms with Crippen LogP contribution in [0.1, 0.15) is 77.6 Å². The van der Waals surface area contributed by atoms with E-state index >= 15 is 0 Å². The fourth-order valence-electron chi connectivity index (χ4n) is 3.74. The lowest BCUT2D eigenvalue weighted by molar-refractivity contribution is 0.415. The van der Waals surface area contributed by atoms with Crippen LogP contribution in [0.25, 0.3) is 10.8 Å². The highest BCUT2D eigenvalue weighted by Crippen LogP contribution is 2.19. The van der Waals surface area contributed by atoms with Crippen LogP contribution in [0.3, 0.4) is 0 Å². The van der Waals surface area contributed by atoms with Crippen molar-refractivity contribution >= 4 is 10.8 Å². The maximum atomic E-state index is 8.63. The zero-order valence-corrected chi connectivity index (χ0v) is 28.2. The monoisotopic (exact) mass is 580 g/mol. The number of fused-ring (bicyclic) bond motifs is 1. The number of phenols is 1. The van der Waals surface area contributed by atoms with Gasteiger partial charge in [-0.3, -0.25) is 0 Å². The number of benzene rings is 5. The maximum absolute atomic E-state index is 8.63. The highest BCUT2D eigenvalue weighted by molar-refractivity contribution is 5.83. The van der Waals surface area contributed by atoms with Gasteiger partial charge in [-0.2, -0.15) is 0 Å². The van der Waals surface area contributed by atoms with Crippen LogP contribution < -0.4 is 4.74 Å². The van der Waals surface area contributed by atoms with E-state index in [0.717, 1.165) is 31.4 Å². The van der Waals surface area contributed by atoms with Crippen LogP contribution in [-0.4, -0.2) is 12.2 Å². The van der Waals surface area contributed by atoms with E-state index in [4.69, 9.17) is 9.84 Å². The molecule has 5 rings (SSSR count). The predicted molar refractivity (Wildman–Crippen MR) is 192 cm³/mol. The van der Waals surface area contributed by atoms with Gasteiger partial charge in [0.2, 0.25) is 0 Å². The number of phenolic OH excluding ortho intramolecular Hbond substituents is 1. The zero-order chi connectivity index (χ0) is 32.3. The van der Waals surface area contributed by atoms with Crippen molar-refractivity contribution < 1.29 is 9.84 Å². The number of aromatic hydroxyl groups is 1. The molecule has 0 spiro atoms. The van der Waals surface area contributed by atoms with Crippen LogP contribution in [0.5, 0.6) is 11.5 Å². The molecule has 0 aliphatic rings. The first-order valence-electron chi connectivity index (χ1n) is 15.9. The summed E-state index contributed by atoms with van der Waals surface area (Å²) in [6.07, 6.45) is 4.57. The van der Waals surface area contributed by atoms with Crippen molar-refractivity contribution in [3.05, 3.63) is 144 Å². The highest BCUT2D eigenvalue weighted by Gasteiger charge is 1.93. The number of methoxy groups -OCH3 is 1. The molecule has 0 bridgehead atoms. The first-order valence-corrected chi connectivity index (χ1v) is 15.9. The van der Waals surface area contributed by atoms with Gasteiger partial charge in [0.25, 0.3) is 0 Å². The maximum Gasteiger partial charge on any atom is 0.119 e. The van der Waals surface area contributed by atoms with Gasteiger partial charge < -0.3 is 9.84 Å². The van der Waals surface area contributed by atoms with Gasteiger partial charge in [-0.15, -0.1) is 0 Å². The van der Waals surface area contributed by atoms with Crippen LogP contribution >= 0.6 is 0 Å². The molecule has 0 amide bonds. The van der Waals surface area contributed by atoms with Gasteiger partial charge in [-0.25, -0.2) is 0 Å². The molecule has 0 saturated carbocycles. The van der Waals surface area contributed by atoms with Gasteiger partial charge in [-0.05, 0) is 83.0 Å². The molecule has 0 atom stereocenters. The molecule has 232 valence electrons. The quantitative estimate of drug-likeness (QED) is 0.224. The SMILES string of the molecule is CC.CC.CCc1ccc(CC)cc1.CCc1ccc(CC)cc1.COc1ccc2ccccc2c1.Oc1ccccc1. The van der Waals surface area contributed by atoms with Gasteiger partial charge in [0.05, 0.1) is 7.11 Å². The Morgan fingerprint density at radius 2 is 0.791 bits per heavy atom. The largest absolute Gasteiger partial charge is 0.508 e. The molecule has 0 radical (unpaired) electrons. The predicted octanol–water partition coefficient (Wildman–Crippen LogP) is 11.9. The molecule has 5 aromatic carbocycles. The normalized spacial score (nSPS) is 9.05. The van der Waals surface area contributed by atoms with E-state index in [2.05, 4.69) is 94.4 Å². The van der Waals surface area contributed by atoms with E-state index in [1.807, 2.05) is 58.0 Å². The molecule has 0 aliphatic heterocycles. The summed E-state index contributed by atoms with van der Waals surface area (Å²) in [4.78, 5) is 0. The van der Waals surface area contributed by atoms with Gasteiger partial charge in [0.15, 0.2) is 0 Å². The van der Waals surface area contributed by atoms with Crippen molar-refractivity contribution in [1.29, 1.82) is 0 Å². The van der Waals surface area contributed by atoms with Crippen molar-refractivity contribution in [2.45, 2.75) is 81.1 Å². The molecule has 0 fully saturated rings. The minimum atomic E-state index is 0.322. The zero-order valence-electron chi connectivity index (χ0n) is 28.2. The molecule has 2 heteroatoms. The van der Waals surface area contributed by atoms with E-state index < -0.39 is 0 Å². The fourth-order valence-corrected chi connectivity index (χ4v) is 3.74. The standard InChI is InChI=1S/C11H10O.2C10H14.C6H6O.2C2H6/c1-12-11-7-6-9-4-2-3-5-10(9)8-11;2*1-3-9-5-7-10(4-2)8-6-9;7-6-4-2-1-3-5-6;2*1-2/h2-8H,1H3;2*5-8H,3-4H2,1-2H3;1-5,7H;2*1-2H3. The lowest BCUT2D eigenvalue weighted by Gasteiger charge is -2.00. The Morgan fingerprint density at radius 1 is 0.442 bits per heavy atom. The molecular weight excluding hydrogens is 524 g/mol. The molecule has 0 heterocycles. The summed E-state index contributed by atoms with van der Waals surface area (Å²) in [6, 6.07) is 40.7. The summed E-state index contributed by atoms with van der Waals surface area (Å²) in [6.45, 7) is 16.7. The molecular formula is C41H56O2. The number of ether oxygens (including phenoxy) is 1. The molecule has 43 heavy (non-hydrogen) atoms. The smallest absolute Gasteiger partial charge is 0.119 e. The number of aryl methyl sites for hydroxylation is 4. The Bertz CT molecular complexity index is 1210. The lowest BCUT2D eigenvalue weighted by atomic mass is 10.1. The Labute approximate surface area is 263 Å². The second kappa shape index (κ2) is 25.7. The second-order valence-corrected chi connectivity index (χ2v) is 9.10. The van der Waals surface area contributed by atoms with Gasteiger partial charge in [0.1, 0.15) is 11.5 Å². The summed E-state index contributed by atoms with van der Waals surface area (Å²) in [7, 11) is 1.68. The third kappa shape index (κ3) is 16.9. The number of para-hydroxylation sites is 1. The Kier molecular flexibility index (Phi) is 23.2. The highest BCUT2D eigenvalue weighted by atomic mass is 16.5. The summed E-state index contributed by atoms with van der Waals surface area (Å²) in [5.41, 5.74) is 5.71. The molecule has 5 aromatic rings. The molecule has 1 N–H and O–H groups in total. The number of hydrogen-bond donors (Lipinski definition) is 1. The van der Waals surface area contributed by atoms with E-state index in [1.54, 1.807) is 31.4 Å².